The number of alkyl halides is 3. The minimum atomic E-state index is -4.72. The molecule has 1 aliphatic heterocycles. The number of ether oxygens (including phenoxy) is 1. The van der Waals surface area contributed by atoms with Crippen LogP contribution in [0.2, 0.25) is 0 Å². The first-order valence-electron chi connectivity index (χ1n) is 6.49. The smallest absolute Gasteiger partial charge is 0.426 e. The number of aliphatic carboxylic acids is 1. The molecule has 3 rings (SSSR count). The maximum atomic E-state index is 13.0. The second-order valence-corrected chi connectivity index (χ2v) is 5.98. The zero-order valence-corrected chi connectivity index (χ0v) is 11.9. The summed E-state index contributed by atoms with van der Waals surface area (Å²) in [6.07, 6.45) is -7.23. The van der Waals surface area contributed by atoms with E-state index in [0.29, 0.717) is 5.56 Å². The number of benzene rings is 1. The SMILES string of the molecule is O=C(O)[C@@H]1Cc2cc(-c3cccs3)ccc2O[C@@H]1C(F)(F)F. The number of thiophene rings is 1. The molecule has 0 radical (unpaired) electrons. The van der Waals surface area contributed by atoms with Gasteiger partial charge in [0.15, 0.2) is 0 Å². The normalized spacial score (nSPS) is 21.0. The van der Waals surface area contributed by atoms with Crippen molar-refractivity contribution in [1.82, 2.24) is 0 Å². The van der Waals surface area contributed by atoms with Gasteiger partial charge in [-0.15, -0.1) is 11.3 Å². The van der Waals surface area contributed by atoms with E-state index < -0.39 is 24.2 Å². The summed E-state index contributed by atoms with van der Waals surface area (Å²) in [6.45, 7) is 0. The van der Waals surface area contributed by atoms with Gasteiger partial charge in [-0.25, -0.2) is 0 Å². The van der Waals surface area contributed by atoms with Crippen LogP contribution in [0.15, 0.2) is 35.7 Å². The molecule has 2 aromatic rings. The Balaban J connectivity index is 1.99. The van der Waals surface area contributed by atoms with Crippen molar-refractivity contribution in [3.63, 3.8) is 0 Å². The number of fused-ring (bicyclic) bond motifs is 1. The van der Waals surface area contributed by atoms with Crippen molar-refractivity contribution in [2.45, 2.75) is 18.7 Å². The van der Waals surface area contributed by atoms with Crippen LogP contribution in [0.5, 0.6) is 5.75 Å². The Hall–Kier alpha value is -2.02. The second kappa shape index (κ2) is 5.31. The lowest BCUT2D eigenvalue weighted by atomic mass is 9.89. The average Bonchev–Trinajstić information content (AvgIpc) is 2.98. The summed E-state index contributed by atoms with van der Waals surface area (Å²) in [5.41, 5.74) is 1.32. The molecule has 0 fully saturated rings. The van der Waals surface area contributed by atoms with Gasteiger partial charge in [-0.2, -0.15) is 13.2 Å². The van der Waals surface area contributed by atoms with Crippen LogP contribution in [0.4, 0.5) is 13.2 Å². The van der Waals surface area contributed by atoms with Crippen molar-refractivity contribution >= 4 is 17.3 Å². The number of hydrogen-bond donors (Lipinski definition) is 1. The van der Waals surface area contributed by atoms with E-state index in [2.05, 4.69) is 0 Å². The number of carboxylic acids is 1. The molecule has 1 N–H and O–H groups in total. The largest absolute Gasteiger partial charge is 0.481 e. The van der Waals surface area contributed by atoms with Crippen molar-refractivity contribution in [1.29, 1.82) is 0 Å². The molecule has 116 valence electrons. The fraction of sp³-hybridized carbons (Fsp3) is 0.267. The maximum absolute atomic E-state index is 13.0. The van der Waals surface area contributed by atoms with E-state index in [4.69, 9.17) is 9.84 Å². The molecule has 0 unspecified atom stereocenters. The lowest BCUT2D eigenvalue weighted by molar-refractivity contribution is -0.217. The molecule has 22 heavy (non-hydrogen) atoms. The van der Waals surface area contributed by atoms with E-state index in [0.717, 1.165) is 10.4 Å². The predicted octanol–water partition coefficient (Wildman–Crippen LogP) is 3.98. The van der Waals surface area contributed by atoms with Crippen LogP contribution in [0, 0.1) is 5.92 Å². The quantitative estimate of drug-likeness (QED) is 0.907. The molecule has 7 heteroatoms. The van der Waals surface area contributed by atoms with Gasteiger partial charge in [0, 0.05) is 4.88 Å². The number of carbonyl (C=O) groups is 1. The third-order valence-corrected chi connectivity index (χ3v) is 4.48. The minimum Gasteiger partial charge on any atom is -0.481 e. The first kappa shape index (κ1) is 14.9. The van der Waals surface area contributed by atoms with E-state index in [1.165, 1.54) is 17.4 Å². The summed E-state index contributed by atoms with van der Waals surface area (Å²) >= 11 is 1.50. The Kier molecular flexibility index (Phi) is 3.60. The molecule has 3 nitrogen and oxygen atoms in total. The molecule has 0 saturated heterocycles. The van der Waals surface area contributed by atoms with E-state index in [9.17, 15) is 18.0 Å². The maximum Gasteiger partial charge on any atom is 0.426 e. The van der Waals surface area contributed by atoms with E-state index in [1.54, 1.807) is 12.1 Å². The highest BCUT2D eigenvalue weighted by Gasteiger charge is 2.52. The summed E-state index contributed by atoms with van der Waals surface area (Å²) in [6, 6.07) is 8.61. The average molecular weight is 328 g/mol. The lowest BCUT2D eigenvalue weighted by Crippen LogP contribution is -2.47. The highest BCUT2D eigenvalue weighted by molar-refractivity contribution is 7.13. The first-order valence-corrected chi connectivity index (χ1v) is 7.37. The Morgan fingerprint density at radius 2 is 2.09 bits per heavy atom. The highest BCUT2D eigenvalue weighted by atomic mass is 32.1. The van der Waals surface area contributed by atoms with Crippen molar-refractivity contribution < 1.29 is 27.8 Å². The lowest BCUT2D eigenvalue weighted by Gasteiger charge is -2.32. The summed E-state index contributed by atoms with van der Waals surface area (Å²) in [4.78, 5) is 12.1. The molecular formula is C15H11F3O3S. The summed E-state index contributed by atoms with van der Waals surface area (Å²) in [5.74, 6) is -3.04. The molecular weight excluding hydrogens is 317 g/mol. The highest BCUT2D eigenvalue weighted by Crippen LogP contribution is 2.40. The molecule has 0 spiro atoms. The van der Waals surface area contributed by atoms with Gasteiger partial charge in [-0.3, -0.25) is 4.79 Å². The Morgan fingerprint density at radius 1 is 1.32 bits per heavy atom. The van der Waals surface area contributed by atoms with Gasteiger partial charge >= 0.3 is 12.1 Å². The zero-order chi connectivity index (χ0) is 15.9. The van der Waals surface area contributed by atoms with E-state index in [-0.39, 0.29) is 12.2 Å². The molecule has 1 aromatic carbocycles. The van der Waals surface area contributed by atoms with Crippen molar-refractivity contribution in [3.8, 4) is 16.2 Å². The van der Waals surface area contributed by atoms with Gasteiger partial charge in [0.2, 0.25) is 6.10 Å². The van der Waals surface area contributed by atoms with Gasteiger partial charge in [-0.1, -0.05) is 6.07 Å². The van der Waals surface area contributed by atoms with Gasteiger partial charge in [-0.05, 0) is 47.2 Å². The monoisotopic (exact) mass is 328 g/mol. The van der Waals surface area contributed by atoms with Crippen molar-refractivity contribution in [2.75, 3.05) is 0 Å². The van der Waals surface area contributed by atoms with E-state index in [1.807, 2.05) is 17.5 Å². The summed E-state index contributed by atoms with van der Waals surface area (Å²) in [7, 11) is 0. The molecule has 0 saturated carbocycles. The molecule has 0 aliphatic carbocycles. The van der Waals surface area contributed by atoms with Crippen LogP contribution >= 0.6 is 11.3 Å². The third-order valence-electron chi connectivity index (χ3n) is 3.57. The first-order chi connectivity index (χ1) is 10.4. The predicted molar refractivity (Wildman–Crippen MR) is 75.1 cm³/mol. The van der Waals surface area contributed by atoms with Crippen LogP contribution < -0.4 is 4.74 Å². The molecule has 0 bridgehead atoms. The Morgan fingerprint density at radius 3 is 2.68 bits per heavy atom. The van der Waals surface area contributed by atoms with Gasteiger partial charge in [0.1, 0.15) is 11.7 Å². The molecule has 1 aromatic heterocycles. The van der Waals surface area contributed by atoms with Gasteiger partial charge < -0.3 is 9.84 Å². The summed E-state index contributed by atoms with van der Waals surface area (Å²) < 4.78 is 43.8. The number of carboxylic acid groups (broad SMARTS) is 1. The molecule has 2 atom stereocenters. The minimum absolute atomic E-state index is 0.0973. The topological polar surface area (TPSA) is 46.5 Å². The number of hydrogen-bond acceptors (Lipinski definition) is 3. The van der Waals surface area contributed by atoms with E-state index >= 15 is 0 Å². The standard InChI is InChI=1S/C15H11F3O3S/c16-15(17,18)13-10(14(19)20)7-9-6-8(3-4-11(9)21-13)12-2-1-5-22-12/h1-6,10,13H,7H2,(H,19,20)/t10-,13+/m1/s1. The Bertz CT molecular complexity index is 695. The van der Waals surface area contributed by atoms with Crippen LogP contribution in [0.1, 0.15) is 5.56 Å². The summed E-state index contributed by atoms with van der Waals surface area (Å²) in [5, 5.41) is 11.0. The molecule has 0 amide bonds. The van der Waals surface area contributed by atoms with Crippen LogP contribution in [-0.4, -0.2) is 23.4 Å². The number of rotatable bonds is 2. The Labute approximate surface area is 128 Å². The zero-order valence-electron chi connectivity index (χ0n) is 11.1. The third kappa shape index (κ3) is 2.68. The van der Waals surface area contributed by atoms with Crippen molar-refractivity contribution in [3.05, 3.63) is 41.3 Å². The second-order valence-electron chi connectivity index (χ2n) is 5.03. The van der Waals surface area contributed by atoms with Crippen LogP contribution in [0.25, 0.3) is 10.4 Å². The van der Waals surface area contributed by atoms with Gasteiger partial charge in [0.25, 0.3) is 0 Å². The fourth-order valence-electron chi connectivity index (χ4n) is 2.52. The van der Waals surface area contributed by atoms with Crippen LogP contribution in [0.3, 0.4) is 0 Å². The van der Waals surface area contributed by atoms with Crippen molar-refractivity contribution in [2.24, 2.45) is 5.92 Å². The molecule has 1 aliphatic rings. The van der Waals surface area contributed by atoms with Gasteiger partial charge in [0.05, 0.1) is 0 Å². The molecule has 2 heterocycles. The van der Waals surface area contributed by atoms with Crippen LogP contribution in [-0.2, 0) is 11.2 Å². The fourth-order valence-corrected chi connectivity index (χ4v) is 3.25. The number of halogens is 3.